The molecule has 5 N–H and O–H groups in total. The number of nitrogens with one attached hydrogen (secondary N) is 3. The van der Waals surface area contributed by atoms with E-state index in [0.29, 0.717) is 42.1 Å². The zero-order valence-electron chi connectivity index (χ0n) is 22.8. The van der Waals surface area contributed by atoms with Gasteiger partial charge in [0, 0.05) is 13.6 Å². The number of carbonyl (C=O) groups is 1. The molecule has 4 saturated carbocycles. The van der Waals surface area contributed by atoms with Crippen LogP contribution in [-0.4, -0.2) is 50.5 Å². The lowest BCUT2D eigenvalue weighted by molar-refractivity contribution is -0.203. The number of hydrogen-bond acceptors (Lipinski definition) is 5. The number of rotatable bonds is 7. The lowest BCUT2D eigenvalue weighted by Gasteiger charge is -2.64. The van der Waals surface area contributed by atoms with Crippen LogP contribution < -0.4 is 14.8 Å². The van der Waals surface area contributed by atoms with Crippen molar-refractivity contribution in [3.05, 3.63) is 0 Å². The Balaban J connectivity index is 1.45. The molecule has 8 nitrogen and oxygen atoms in total. The van der Waals surface area contributed by atoms with Crippen molar-refractivity contribution in [2.75, 3.05) is 13.6 Å². The first-order chi connectivity index (χ1) is 16.9. The molecule has 4 aliphatic rings. The maximum atomic E-state index is 11.9. The molecular formula is C27H49N3O5S. The summed E-state index contributed by atoms with van der Waals surface area (Å²) < 4.78 is 27.0. The van der Waals surface area contributed by atoms with Gasteiger partial charge in [0.1, 0.15) is 0 Å². The Morgan fingerprint density at radius 1 is 1.03 bits per heavy atom. The molecule has 9 heteroatoms. The highest BCUT2D eigenvalue weighted by Crippen LogP contribution is 2.69. The van der Waals surface area contributed by atoms with E-state index in [1.54, 1.807) is 0 Å². The van der Waals surface area contributed by atoms with Crippen LogP contribution in [0.1, 0.15) is 85.5 Å². The molecule has 0 aromatic heterocycles. The summed E-state index contributed by atoms with van der Waals surface area (Å²) in [6.07, 6.45) is 8.69. The molecule has 4 rings (SSSR count). The highest BCUT2D eigenvalue weighted by molar-refractivity contribution is 7.88. The fourth-order valence-electron chi connectivity index (χ4n) is 9.76. The summed E-state index contributed by atoms with van der Waals surface area (Å²) >= 11 is 0. The summed E-state index contributed by atoms with van der Waals surface area (Å²) in [4.78, 5) is 11.9. The smallest absolute Gasteiger partial charge is 0.329 e. The second-order valence-corrected chi connectivity index (χ2v) is 14.6. The fourth-order valence-corrected chi connectivity index (χ4v) is 10.2. The average Bonchev–Trinajstić information content (AvgIpc) is 3.17. The van der Waals surface area contributed by atoms with Gasteiger partial charge in [-0.25, -0.2) is 14.2 Å². The van der Waals surface area contributed by atoms with E-state index in [0.717, 1.165) is 51.4 Å². The Hall–Kier alpha value is -0.900. The first kappa shape index (κ1) is 28.1. The van der Waals surface area contributed by atoms with Crippen LogP contribution in [0, 0.1) is 52.3 Å². The Morgan fingerprint density at radius 3 is 2.36 bits per heavy atom. The van der Waals surface area contributed by atoms with Crippen molar-refractivity contribution in [1.29, 1.82) is 0 Å². The maximum absolute atomic E-state index is 11.9. The molecule has 0 unspecified atom stereocenters. The number of aliphatic hydroxyl groups excluding tert-OH is 2. The van der Waals surface area contributed by atoms with Crippen LogP contribution in [0.5, 0.6) is 0 Å². The molecule has 0 aliphatic heterocycles. The Labute approximate surface area is 218 Å². The van der Waals surface area contributed by atoms with Crippen LogP contribution in [0.25, 0.3) is 0 Å². The van der Waals surface area contributed by atoms with Gasteiger partial charge < -0.3 is 15.5 Å². The fraction of sp³-hybridized carbons (Fsp3) is 0.963. The maximum Gasteiger partial charge on any atom is 0.329 e. The van der Waals surface area contributed by atoms with E-state index < -0.39 is 16.2 Å². The van der Waals surface area contributed by atoms with Crippen molar-refractivity contribution in [2.45, 2.75) is 97.7 Å². The molecule has 2 amide bonds. The zero-order valence-corrected chi connectivity index (χ0v) is 23.6. The number of aliphatic hydroxyl groups is 2. The minimum atomic E-state index is -3.80. The summed E-state index contributed by atoms with van der Waals surface area (Å²) in [5, 5.41) is 25.0. The average molecular weight is 528 g/mol. The van der Waals surface area contributed by atoms with Gasteiger partial charge in [-0.15, -0.1) is 0 Å². The Kier molecular flexibility index (Phi) is 8.08. The summed E-state index contributed by atoms with van der Waals surface area (Å²) in [5.41, 5.74) is 0.384. The third kappa shape index (κ3) is 4.82. The number of urea groups is 1. The lowest BCUT2D eigenvalue weighted by atomic mass is 9.41. The Morgan fingerprint density at radius 2 is 1.69 bits per heavy atom. The normalized spacial score (nSPS) is 45.2. The third-order valence-corrected chi connectivity index (χ3v) is 12.5. The van der Waals surface area contributed by atoms with E-state index in [2.05, 4.69) is 37.7 Å². The largest absolute Gasteiger partial charge is 0.393 e. The van der Waals surface area contributed by atoms with Gasteiger partial charge in [-0.1, -0.05) is 34.1 Å². The number of hydrogen-bond donors (Lipinski definition) is 5. The van der Waals surface area contributed by atoms with Crippen molar-refractivity contribution in [1.82, 2.24) is 14.8 Å². The van der Waals surface area contributed by atoms with Gasteiger partial charge in [-0.05, 0) is 104 Å². The summed E-state index contributed by atoms with van der Waals surface area (Å²) in [6, 6.07) is -0.705. The van der Waals surface area contributed by atoms with Gasteiger partial charge in [0.2, 0.25) is 0 Å². The van der Waals surface area contributed by atoms with Crippen LogP contribution in [0.15, 0.2) is 0 Å². The molecular weight excluding hydrogens is 478 g/mol. The van der Waals surface area contributed by atoms with Crippen LogP contribution in [-0.2, 0) is 10.2 Å². The molecule has 4 fully saturated rings. The number of fused-ring (bicyclic) bond motifs is 5. The topological polar surface area (TPSA) is 128 Å². The molecule has 208 valence electrons. The van der Waals surface area contributed by atoms with Crippen molar-refractivity contribution >= 4 is 16.2 Å². The summed E-state index contributed by atoms with van der Waals surface area (Å²) in [7, 11) is -2.54. The standard InChI is InChI=1S/C27H49N3O5S/c1-6-18-22-15-17(31)9-12-27(22,4)21-10-13-26(3)19(7-8-20(26)23(21)24(18)32)16(2)11-14-29-25(33)30-36(34,35)28-5/h16-24,28,31-32H,6-15H2,1-5H3,(H2,29,30,33)/t16-,17-,18-,19-,20+,21+,22+,23+,24-,26-,27-/m1/s1. The molecule has 0 aromatic rings. The first-order valence-corrected chi connectivity index (χ1v) is 15.7. The molecule has 0 spiro atoms. The van der Waals surface area contributed by atoms with E-state index in [-0.39, 0.29) is 29.0 Å². The van der Waals surface area contributed by atoms with Gasteiger partial charge in [-0.2, -0.15) is 8.42 Å². The quantitative estimate of drug-likeness (QED) is 0.347. The van der Waals surface area contributed by atoms with E-state index >= 15 is 0 Å². The molecule has 0 bridgehead atoms. The zero-order chi connectivity index (χ0) is 26.5. The van der Waals surface area contributed by atoms with Crippen molar-refractivity contribution < 1.29 is 23.4 Å². The third-order valence-electron chi connectivity index (χ3n) is 11.5. The van der Waals surface area contributed by atoms with E-state index in [4.69, 9.17) is 0 Å². The molecule has 4 aliphatic carbocycles. The molecule has 0 aromatic carbocycles. The summed E-state index contributed by atoms with van der Waals surface area (Å²) in [5.74, 6) is 2.97. The minimum absolute atomic E-state index is 0.176. The van der Waals surface area contributed by atoms with Gasteiger partial charge >= 0.3 is 16.2 Å². The second kappa shape index (κ2) is 10.3. The molecule has 0 radical (unpaired) electrons. The van der Waals surface area contributed by atoms with Crippen LogP contribution in [0.3, 0.4) is 0 Å². The van der Waals surface area contributed by atoms with Gasteiger partial charge in [-0.3, -0.25) is 0 Å². The highest BCUT2D eigenvalue weighted by atomic mass is 32.2. The molecule has 0 heterocycles. The summed E-state index contributed by atoms with van der Waals surface area (Å²) in [6.45, 7) is 9.83. The van der Waals surface area contributed by atoms with E-state index in [1.165, 1.54) is 13.5 Å². The lowest BCUT2D eigenvalue weighted by Crippen LogP contribution is -2.62. The second-order valence-electron chi connectivity index (χ2n) is 13.0. The molecule has 0 saturated heterocycles. The predicted octanol–water partition coefficient (Wildman–Crippen LogP) is 3.40. The van der Waals surface area contributed by atoms with E-state index in [1.807, 2.05) is 4.72 Å². The minimum Gasteiger partial charge on any atom is -0.393 e. The molecule has 11 atom stereocenters. The van der Waals surface area contributed by atoms with Gasteiger partial charge in [0.25, 0.3) is 0 Å². The highest BCUT2D eigenvalue weighted by Gasteiger charge is 2.64. The Bertz CT molecular complexity index is 915. The van der Waals surface area contributed by atoms with Crippen molar-refractivity contribution in [3.63, 3.8) is 0 Å². The van der Waals surface area contributed by atoms with Crippen LogP contribution in [0.2, 0.25) is 0 Å². The monoisotopic (exact) mass is 527 g/mol. The van der Waals surface area contributed by atoms with Gasteiger partial charge in [0.05, 0.1) is 12.2 Å². The SMILES string of the molecule is CC[C@H]1[C@@H](O)[C@@H]2[C@H](CC[C@]3(C)[C@@H]([C@H](C)CCNC(=O)NS(=O)(=O)NC)CC[C@@H]23)[C@@]2(C)CC[C@@H](O)C[C@@H]12. The van der Waals surface area contributed by atoms with Crippen molar-refractivity contribution in [2.24, 2.45) is 52.3 Å². The number of carbonyl (C=O) groups excluding carboxylic acids is 1. The van der Waals surface area contributed by atoms with Crippen LogP contribution >= 0.6 is 0 Å². The van der Waals surface area contributed by atoms with Crippen LogP contribution in [0.4, 0.5) is 4.79 Å². The predicted molar refractivity (Wildman–Crippen MR) is 140 cm³/mol. The van der Waals surface area contributed by atoms with Crippen molar-refractivity contribution in [3.8, 4) is 0 Å². The molecule has 36 heavy (non-hydrogen) atoms. The van der Waals surface area contributed by atoms with Gasteiger partial charge in [0.15, 0.2) is 0 Å². The number of amides is 2. The first-order valence-electron chi connectivity index (χ1n) is 14.2. The van der Waals surface area contributed by atoms with E-state index in [9.17, 15) is 23.4 Å².